The molecule has 104 valence electrons. The number of hydrogen-bond donors (Lipinski definition) is 1. The van der Waals surface area contributed by atoms with Gasteiger partial charge in [0, 0.05) is 32.2 Å². The van der Waals surface area contributed by atoms with Crippen LogP contribution in [0.2, 0.25) is 0 Å². The van der Waals surface area contributed by atoms with E-state index in [1.807, 2.05) is 18.7 Å². The minimum absolute atomic E-state index is 0.137. The Bertz CT molecular complexity index is 291. The third-order valence-electron chi connectivity index (χ3n) is 3.88. The third-order valence-corrected chi connectivity index (χ3v) is 3.88. The Morgan fingerprint density at radius 1 is 1.17 bits per heavy atom. The molecule has 1 amide bonds. The Balaban J connectivity index is 1.84. The monoisotopic (exact) mass is 255 g/mol. The second-order valence-electron chi connectivity index (χ2n) is 5.89. The smallest absolute Gasteiger partial charge is 0.236 e. The molecule has 4 unspecified atom stereocenters. The van der Waals surface area contributed by atoms with Crippen LogP contribution >= 0.6 is 0 Å². The number of morpholine rings is 1. The van der Waals surface area contributed by atoms with Crippen molar-refractivity contribution in [2.24, 2.45) is 11.7 Å². The minimum atomic E-state index is 0.137. The predicted octanol–water partition coefficient (Wildman–Crippen LogP) is -0.0988. The lowest BCUT2D eigenvalue weighted by atomic mass is 10.1. The first-order chi connectivity index (χ1) is 8.45. The maximum absolute atomic E-state index is 12.2. The summed E-state index contributed by atoms with van der Waals surface area (Å²) in [5, 5.41) is 0. The predicted molar refractivity (Wildman–Crippen MR) is 70.2 cm³/mol. The topological polar surface area (TPSA) is 58.8 Å². The molecule has 4 atom stereocenters. The normalized spacial score (nSPS) is 38.1. The lowest BCUT2D eigenvalue weighted by molar-refractivity contribution is -0.144. The summed E-state index contributed by atoms with van der Waals surface area (Å²) in [5.41, 5.74) is 5.98. The van der Waals surface area contributed by atoms with Crippen molar-refractivity contribution in [1.82, 2.24) is 9.80 Å². The van der Waals surface area contributed by atoms with Crippen LogP contribution in [0.4, 0.5) is 0 Å². The van der Waals surface area contributed by atoms with Crippen LogP contribution < -0.4 is 5.73 Å². The number of hydrogen-bond acceptors (Lipinski definition) is 4. The molecule has 5 nitrogen and oxygen atoms in total. The summed E-state index contributed by atoms with van der Waals surface area (Å²) < 4.78 is 5.64. The van der Waals surface area contributed by atoms with E-state index in [0.717, 1.165) is 13.1 Å². The highest BCUT2D eigenvalue weighted by atomic mass is 16.5. The van der Waals surface area contributed by atoms with Gasteiger partial charge in [-0.25, -0.2) is 0 Å². The number of likely N-dealkylation sites (tertiary alicyclic amines) is 1. The van der Waals surface area contributed by atoms with Gasteiger partial charge in [0.15, 0.2) is 0 Å². The highest BCUT2D eigenvalue weighted by molar-refractivity contribution is 5.78. The number of amides is 1. The zero-order valence-corrected chi connectivity index (χ0v) is 11.6. The molecule has 0 aromatic rings. The van der Waals surface area contributed by atoms with Crippen molar-refractivity contribution >= 4 is 5.91 Å². The maximum atomic E-state index is 12.2. The minimum Gasteiger partial charge on any atom is -0.372 e. The Morgan fingerprint density at radius 3 is 2.28 bits per heavy atom. The van der Waals surface area contributed by atoms with Gasteiger partial charge in [-0.05, 0) is 19.8 Å². The van der Waals surface area contributed by atoms with E-state index in [0.29, 0.717) is 25.6 Å². The summed E-state index contributed by atoms with van der Waals surface area (Å²) in [6.07, 6.45) is 0.273. The van der Waals surface area contributed by atoms with Gasteiger partial charge in [-0.2, -0.15) is 0 Å². The Hall–Kier alpha value is -0.650. The van der Waals surface area contributed by atoms with Crippen molar-refractivity contribution in [3.8, 4) is 0 Å². The van der Waals surface area contributed by atoms with Crippen LogP contribution in [0.5, 0.6) is 0 Å². The van der Waals surface area contributed by atoms with Gasteiger partial charge < -0.3 is 15.4 Å². The number of ether oxygens (including phenoxy) is 1. The summed E-state index contributed by atoms with van der Waals surface area (Å²) in [6, 6.07) is 0.209. The molecule has 0 aliphatic carbocycles. The molecule has 0 radical (unpaired) electrons. The number of nitrogens with two attached hydrogens (primary N) is 1. The first-order valence-corrected chi connectivity index (χ1v) is 6.87. The summed E-state index contributed by atoms with van der Waals surface area (Å²) in [5.74, 6) is 0.693. The van der Waals surface area contributed by atoms with E-state index in [-0.39, 0.29) is 24.2 Å². The van der Waals surface area contributed by atoms with Gasteiger partial charge in [0.25, 0.3) is 0 Å². The van der Waals surface area contributed by atoms with Crippen LogP contribution in [-0.4, -0.2) is 66.7 Å². The summed E-state index contributed by atoms with van der Waals surface area (Å²) in [4.78, 5) is 16.3. The number of rotatable bonds is 2. The Morgan fingerprint density at radius 2 is 1.78 bits per heavy atom. The van der Waals surface area contributed by atoms with E-state index in [9.17, 15) is 4.79 Å². The van der Waals surface area contributed by atoms with Crippen molar-refractivity contribution in [3.05, 3.63) is 0 Å². The zero-order chi connectivity index (χ0) is 13.3. The molecular weight excluding hydrogens is 230 g/mol. The quantitative estimate of drug-likeness (QED) is 0.749. The van der Waals surface area contributed by atoms with Gasteiger partial charge in [0.2, 0.25) is 5.91 Å². The highest BCUT2D eigenvalue weighted by Gasteiger charge is 2.31. The molecule has 2 heterocycles. The SMILES string of the molecule is CC1CN(C(=O)CN2CC(C)C(N)C2)CC(C)O1. The maximum Gasteiger partial charge on any atom is 0.236 e. The van der Waals surface area contributed by atoms with Crippen molar-refractivity contribution in [3.63, 3.8) is 0 Å². The van der Waals surface area contributed by atoms with Crippen LogP contribution in [0.1, 0.15) is 20.8 Å². The van der Waals surface area contributed by atoms with Crippen LogP contribution in [-0.2, 0) is 9.53 Å². The van der Waals surface area contributed by atoms with Crippen molar-refractivity contribution in [1.29, 1.82) is 0 Å². The van der Waals surface area contributed by atoms with E-state index < -0.39 is 0 Å². The Kier molecular flexibility index (Phi) is 4.25. The van der Waals surface area contributed by atoms with E-state index in [1.165, 1.54) is 0 Å². The van der Waals surface area contributed by atoms with Crippen molar-refractivity contribution in [2.75, 3.05) is 32.7 Å². The molecule has 2 N–H and O–H groups in total. The molecular formula is C13H25N3O2. The van der Waals surface area contributed by atoms with E-state index in [4.69, 9.17) is 10.5 Å². The van der Waals surface area contributed by atoms with E-state index in [2.05, 4.69) is 11.8 Å². The molecule has 0 saturated carbocycles. The first-order valence-electron chi connectivity index (χ1n) is 6.87. The molecule has 5 heteroatoms. The molecule has 0 bridgehead atoms. The van der Waals surface area contributed by atoms with Crippen molar-refractivity contribution in [2.45, 2.75) is 39.0 Å². The summed E-state index contributed by atoms with van der Waals surface area (Å²) in [7, 11) is 0. The second kappa shape index (κ2) is 5.55. The third kappa shape index (κ3) is 3.22. The number of carbonyl (C=O) groups is 1. The molecule has 0 spiro atoms. The number of carbonyl (C=O) groups excluding carboxylic acids is 1. The van der Waals surface area contributed by atoms with Gasteiger partial charge in [-0.15, -0.1) is 0 Å². The molecule has 0 aromatic carbocycles. The molecule has 2 saturated heterocycles. The highest BCUT2D eigenvalue weighted by Crippen LogP contribution is 2.16. The van der Waals surface area contributed by atoms with Gasteiger partial charge in [-0.1, -0.05) is 6.92 Å². The van der Waals surface area contributed by atoms with Crippen molar-refractivity contribution < 1.29 is 9.53 Å². The lowest BCUT2D eigenvalue weighted by Crippen LogP contribution is -2.51. The fourth-order valence-corrected chi connectivity index (χ4v) is 2.90. The van der Waals surface area contributed by atoms with E-state index in [1.54, 1.807) is 0 Å². The van der Waals surface area contributed by atoms with Crippen LogP contribution in [0.3, 0.4) is 0 Å². The first kappa shape index (κ1) is 13.8. The second-order valence-corrected chi connectivity index (χ2v) is 5.89. The van der Waals surface area contributed by atoms with Gasteiger partial charge in [0.05, 0.1) is 18.8 Å². The fourth-order valence-electron chi connectivity index (χ4n) is 2.90. The van der Waals surface area contributed by atoms with Crippen LogP contribution in [0, 0.1) is 5.92 Å². The number of nitrogens with zero attached hydrogens (tertiary/aromatic N) is 2. The molecule has 0 aromatic heterocycles. The molecule has 2 aliphatic heterocycles. The average Bonchev–Trinajstić information content (AvgIpc) is 2.56. The molecule has 2 aliphatic rings. The lowest BCUT2D eigenvalue weighted by Gasteiger charge is -2.36. The van der Waals surface area contributed by atoms with E-state index >= 15 is 0 Å². The zero-order valence-electron chi connectivity index (χ0n) is 11.6. The largest absolute Gasteiger partial charge is 0.372 e. The van der Waals surface area contributed by atoms with Crippen LogP contribution in [0.15, 0.2) is 0 Å². The molecule has 2 fully saturated rings. The van der Waals surface area contributed by atoms with Gasteiger partial charge in [-0.3, -0.25) is 9.69 Å². The molecule has 2 rings (SSSR count). The average molecular weight is 255 g/mol. The standard InChI is InChI=1S/C13H25N3O2/c1-9-4-15(7-12(9)14)8-13(17)16-5-10(2)18-11(3)6-16/h9-12H,4-8,14H2,1-3H3. The van der Waals surface area contributed by atoms with Gasteiger partial charge in [0.1, 0.15) is 0 Å². The van der Waals surface area contributed by atoms with Gasteiger partial charge >= 0.3 is 0 Å². The fraction of sp³-hybridized carbons (Fsp3) is 0.923. The Labute approximate surface area is 109 Å². The summed E-state index contributed by atoms with van der Waals surface area (Å²) >= 11 is 0. The van der Waals surface area contributed by atoms with Crippen LogP contribution in [0.25, 0.3) is 0 Å². The summed E-state index contributed by atoms with van der Waals surface area (Å²) in [6.45, 7) is 9.86. The molecule has 18 heavy (non-hydrogen) atoms.